The predicted molar refractivity (Wildman–Crippen MR) is 120 cm³/mol. The van der Waals surface area contributed by atoms with Crippen LogP contribution in [0, 0.1) is 0 Å². The number of imide groups is 1. The predicted octanol–water partition coefficient (Wildman–Crippen LogP) is 0.641. The number of hydrogen-bond acceptors (Lipinski definition) is 6. The van der Waals surface area contributed by atoms with Crippen molar-refractivity contribution in [2.45, 2.75) is 46.1 Å². The molecule has 4 heterocycles. The van der Waals surface area contributed by atoms with Crippen molar-refractivity contribution in [3.63, 3.8) is 0 Å². The fourth-order valence-corrected chi connectivity index (χ4v) is 4.49. The van der Waals surface area contributed by atoms with Gasteiger partial charge in [0, 0.05) is 39.6 Å². The van der Waals surface area contributed by atoms with E-state index in [1.807, 2.05) is 9.26 Å². The minimum absolute atomic E-state index is 0.204. The van der Waals surface area contributed by atoms with Gasteiger partial charge in [-0.25, -0.2) is 9.37 Å². The van der Waals surface area contributed by atoms with Crippen molar-refractivity contribution in [3.8, 4) is 0 Å². The molecule has 0 spiro atoms. The Hall–Kier alpha value is -2.59. The maximum atomic E-state index is 13.6. The second kappa shape index (κ2) is 9.50. The summed E-state index contributed by atoms with van der Waals surface area (Å²) in [4.78, 5) is 36.6. The van der Waals surface area contributed by atoms with Crippen molar-refractivity contribution in [2.75, 3.05) is 53.0 Å². The first-order chi connectivity index (χ1) is 15.5. The number of aryl methyl sites for hydroxylation is 2. The largest absolute Gasteiger partial charge is 0.421 e. The molecule has 2 saturated heterocycles. The lowest BCUT2D eigenvalue weighted by Gasteiger charge is -2.35. The van der Waals surface area contributed by atoms with Gasteiger partial charge in [-0.1, -0.05) is 25.8 Å². The van der Waals surface area contributed by atoms with Crippen LogP contribution in [0.1, 0.15) is 38.6 Å². The van der Waals surface area contributed by atoms with Gasteiger partial charge in [-0.05, 0) is 18.9 Å². The fraction of sp³-hybridized carbons (Fsp3) is 0.682. The van der Waals surface area contributed by atoms with Crippen LogP contribution in [0.3, 0.4) is 0 Å². The van der Waals surface area contributed by atoms with E-state index in [1.165, 1.54) is 9.80 Å². The molecule has 3 aliphatic rings. The number of ether oxygens (including phenoxy) is 1. The van der Waals surface area contributed by atoms with Crippen molar-refractivity contribution < 1.29 is 18.9 Å². The molecule has 1 unspecified atom stereocenters. The zero-order valence-corrected chi connectivity index (χ0v) is 19.6. The van der Waals surface area contributed by atoms with Crippen molar-refractivity contribution in [1.29, 1.82) is 0 Å². The van der Waals surface area contributed by atoms with E-state index >= 15 is 0 Å². The number of amidine groups is 1. The fourth-order valence-electron chi connectivity index (χ4n) is 4.49. The Balaban J connectivity index is 1.66. The van der Waals surface area contributed by atoms with Crippen molar-refractivity contribution >= 4 is 23.7 Å². The zero-order chi connectivity index (χ0) is 22.8. The van der Waals surface area contributed by atoms with Crippen LogP contribution in [-0.4, -0.2) is 112 Å². The molecule has 3 amide bonds. The highest BCUT2D eigenvalue weighted by Gasteiger charge is 2.53. The summed E-state index contributed by atoms with van der Waals surface area (Å²) in [6.07, 6.45) is 2.49. The summed E-state index contributed by atoms with van der Waals surface area (Å²) >= 11 is 0. The van der Waals surface area contributed by atoms with Crippen LogP contribution in [0.4, 0.5) is 4.79 Å². The van der Waals surface area contributed by atoms with E-state index in [9.17, 15) is 9.59 Å². The number of aromatic nitrogens is 2. The number of carbonyl (C=O) groups excluding carboxylic acids is 2. The number of aliphatic imine (C=N–C) groups is 1. The number of fused-ring (bicyclic) bond motifs is 1. The van der Waals surface area contributed by atoms with Crippen LogP contribution in [0.25, 0.3) is 0 Å². The van der Waals surface area contributed by atoms with E-state index < -0.39 is 6.04 Å². The molecule has 1 aromatic rings. The Morgan fingerprint density at radius 2 is 1.88 bits per heavy atom. The highest BCUT2D eigenvalue weighted by Crippen LogP contribution is 2.22. The smallest absolute Gasteiger partial charge is 0.379 e. The Morgan fingerprint density at radius 3 is 2.53 bits per heavy atom. The van der Waals surface area contributed by atoms with E-state index in [0.717, 1.165) is 43.7 Å². The number of hydrogen-bond donors (Lipinski definition) is 0. The van der Waals surface area contributed by atoms with Crippen LogP contribution in [0.15, 0.2) is 11.1 Å². The monoisotopic (exact) mass is 444 g/mol. The molecular formula is C22H34N7O3+. The molecule has 174 valence electrons. The summed E-state index contributed by atoms with van der Waals surface area (Å²) in [5.41, 5.74) is 2.04. The first kappa shape index (κ1) is 22.6. The Kier molecular flexibility index (Phi) is 6.71. The normalized spacial score (nSPS) is 22.1. The highest BCUT2D eigenvalue weighted by molar-refractivity contribution is 6.23. The molecule has 0 bridgehead atoms. The van der Waals surface area contributed by atoms with Crippen molar-refractivity contribution in [2.24, 2.45) is 4.99 Å². The Labute approximate surface area is 189 Å². The lowest BCUT2D eigenvalue weighted by molar-refractivity contribution is -0.537. The second-order valence-electron chi connectivity index (χ2n) is 8.40. The molecule has 0 saturated carbocycles. The van der Waals surface area contributed by atoms with E-state index in [0.29, 0.717) is 44.6 Å². The topological polar surface area (TPSA) is 86.3 Å². The third-order valence-corrected chi connectivity index (χ3v) is 6.34. The molecule has 10 heteroatoms. The molecule has 3 aliphatic heterocycles. The van der Waals surface area contributed by atoms with E-state index in [1.54, 1.807) is 7.05 Å². The molecule has 2 fully saturated rings. The third-order valence-electron chi connectivity index (χ3n) is 6.34. The number of amides is 3. The molecule has 0 N–H and O–H groups in total. The zero-order valence-electron chi connectivity index (χ0n) is 19.6. The van der Waals surface area contributed by atoms with Gasteiger partial charge >= 0.3 is 12.0 Å². The molecule has 4 rings (SSSR count). The van der Waals surface area contributed by atoms with Crippen LogP contribution >= 0.6 is 0 Å². The number of carbonyl (C=O) groups is 2. The lowest BCUT2D eigenvalue weighted by Crippen LogP contribution is -2.63. The minimum atomic E-state index is -0.601. The van der Waals surface area contributed by atoms with Gasteiger partial charge in [0.25, 0.3) is 5.91 Å². The van der Waals surface area contributed by atoms with Gasteiger partial charge in [-0.2, -0.15) is 0 Å². The van der Waals surface area contributed by atoms with Gasteiger partial charge < -0.3 is 4.74 Å². The van der Waals surface area contributed by atoms with Gasteiger partial charge in [0.15, 0.2) is 0 Å². The second-order valence-corrected chi connectivity index (χ2v) is 8.40. The number of nitrogens with zero attached hydrogens (tertiary/aromatic N) is 7. The van der Waals surface area contributed by atoms with E-state index in [4.69, 9.17) is 14.8 Å². The lowest BCUT2D eigenvalue weighted by atomic mass is 10.1. The summed E-state index contributed by atoms with van der Waals surface area (Å²) in [6, 6.07) is 1.17. The van der Waals surface area contributed by atoms with Gasteiger partial charge in [0.2, 0.25) is 11.9 Å². The van der Waals surface area contributed by atoms with Gasteiger partial charge in [-0.3, -0.25) is 19.5 Å². The Morgan fingerprint density at radius 1 is 1.12 bits per heavy atom. The molecule has 0 aliphatic carbocycles. The number of likely N-dealkylation sites (N-methyl/N-ethyl adjacent to an activating group) is 1. The molecule has 10 nitrogen and oxygen atoms in total. The molecule has 0 radical (unpaired) electrons. The van der Waals surface area contributed by atoms with E-state index in [2.05, 4.69) is 31.7 Å². The van der Waals surface area contributed by atoms with Crippen LogP contribution < -0.4 is 0 Å². The van der Waals surface area contributed by atoms with Crippen LogP contribution in [0.5, 0.6) is 0 Å². The van der Waals surface area contributed by atoms with Gasteiger partial charge in [-0.15, -0.1) is 9.78 Å². The van der Waals surface area contributed by atoms with Crippen LogP contribution in [0.2, 0.25) is 0 Å². The molecule has 1 atom stereocenters. The average molecular weight is 445 g/mol. The molecular weight excluding hydrogens is 410 g/mol. The maximum absolute atomic E-state index is 13.6. The average Bonchev–Trinajstić information content (AvgIpc) is 3.40. The number of urea groups is 1. The summed E-state index contributed by atoms with van der Waals surface area (Å²) in [5.74, 6) is 0.914. The number of rotatable bonds is 7. The SMILES string of the molecule is CCC[N+]1=C(n2nc(CC)cc2CC)N=C2C1C(=O)N(CCN1CCOCC1)C(=O)N2C. The molecule has 0 aromatic carbocycles. The summed E-state index contributed by atoms with van der Waals surface area (Å²) in [7, 11) is 1.71. The van der Waals surface area contributed by atoms with Gasteiger partial charge in [0.1, 0.15) is 5.69 Å². The van der Waals surface area contributed by atoms with E-state index in [-0.39, 0.29) is 11.9 Å². The number of morpholine rings is 1. The van der Waals surface area contributed by atoms with Crippen molar-refractivity contribution in [1.82, 2.24) is 24.5 Å². The quantitative estimate of drug-likeness (QED) is 0.576. The first-order valence-corrected chi connectivity index (χ1v) is 11.7. The summed E-state index contributed by atoms with van der Waals surface area (Å²) < 4.78 is 9.26. The molecule has 32 heavy (non-hydrogen) atoms. The standard InChI is InChI=1S/C22H34N7O3/c1-5-8-27-18-19(23-21(27)29-17(7-3)15-16(6-2)24-29)25(4)22(31)28(20(18)30)10-9-26-11-13-32-14-12-26/h15,18H,5-14H2,1-4H3/q+1. The van der Waals surface area contributed by atoms with Crippen molar-refractivity contribution in [3.05, 3.63) is 17.5 Å². The summed E-state index contributed by atoms with van der Waals surface area (Å²) in [5, 5.41) is 4.74. The highest BCUT2D eigenvalue weighted by atomic mass is 16.5. The minimum Gasteiger partial charge on any atom is -0.379 e. The van der Waals surface area contributed by atoms with Gasteiger partial charge in [0.05, 0.1) is 25.5 Å². The summed E-state index contributed by atoms with van der Waals surface area (Å²) in [6.45, 7) is 10.9. The maximum Gasteiger partial charge on any atom is 0.421 e. The first-order valence-electron chi connectivity index (χ1n) is 11.7. The molecule has 1 aromatic heterocycles. The Bertz CT molecular complexity index is 945. The third kappa shape index (κ3) is 3.97. The van der Waals surface area contributed by atoms with Crippen LogP contribution in [-0.2, 0) is 22.4 Å².